The lowest BCUT2D eigenvalue weighted by Gasteiger charge is -2.22. The smallest absolute Gasteiger partial charge is 0.305 e. The average molecular weight is 459 g/mol. The van der Waals surface area contributed by atoms with Crippen molar-refractivity contribution in [3.8, 4) is 11.1 Å². The van der Waals surface area contributed by atoms with Crippen LogP contribution in [0, 0.1) is 6.92 Å². The van der Waals surface area contributed by atoms with Gasteiger partial charge >= 0.3 is 5.97 Å². The van der Waals surface area contributed by atoms with Gasteiger partial charge in [0.05, 0.1) is 6.42 Å². The highest BCUT2D eigenvalue weighted by molar-refractivity contribution is 5.93. The number of halogens is 1. The van der Waals surface area contributed by atoms with Crippen LogP contribution in [0.2, 0.25) is 0 Å². The molecule has 3 N–H and O–H groups in total. The van der Waals surface area contributed by atoms with Crippen molar-refractivity contribution in [1.82, 2.24) is 9.88 Å². The number of aryl methyl sites for hydroxylation is 1. The summed E-state index contributed by atoms with van der Waals surface area (Å²) in [4.78, 5) is 58.8. The second-order valence-corrected chi connectivity index (χ2v) is 7.59. The Bertz CT molecular complexity index is 1110. The number of alkyl halides is 1. The number of benzene rings is 1. The van der Waals surface area contributed by atoms with Gasteiger partial charge in [-0.15, -0.1) is 0 Å². The van der Waals surface area contributed by atoms with E-state index < -0.39 is 54.3 Å². The summed E-state index contributed by atoms with van der Waals surface area (Å²) < 4.78 is 13.7. The number of anilines is 1. The molecular weight excluding hydrogens is 433 g/mol. The maximum absolute atomic E-state index is 12.6. The molecule has 1 aromatic rings. The SMILES string of the molecule is CCC(C(=O)NC(CC(=O)O)C(=O)CF)n1cc(C)cc(NC(C)=O)c1=O.c1cc2cc-2c1. The predicted octanol–water partition coefficient (Wildman–Crippen LogP) is 2.23. The van der Waals surface area contributed by atoms with Gasteiger partial charge in [-0.25, -0.2) is 4.39 Å². The van der Waals surface area contributed by atoms with Crippen molar-refractivity contribution in [3.05, 3.63) is 52.4 Å². The molecule has 0 bridgehead atoms. The first-order chi connectivity index (χ1) is 15.6. The minimum Gasteiger partial charge on any atom is -0.481 e. The number of ketones is 1. The molecule has 33 heavy (non-hydrogen) atoms. The number of amides is 2. The Morgan fingerprint density at radius 2 is 1.79 bits per heavy atom. The number of aromatic nitrogens is 1. The largest absolute Gasteiger partial charge is 0.481 e. The summed E-state index contributed by atoms with van der Waals surface area (Å²) in [5.41, 5.74) is 2.79. The molecule has 1 aromatic heterocycles. The first-order valence-electron chi connectivity index (χ1n) is 10.3. The number of nitrogens with one attached hydrogen (secondary N) is 2. The molecule has 10 heteroatoms. The van der Waals surface area contributed by atoms with Gasteiger partial charge in [0.15, 0.2) is 5.78 Å². The second-order valence-electron chi connectivity index (χ2n) is 7.59. The first-order valence-corrected chi connectivity index (χ1v) is 10.3. The van der Waals surface area contributed by atoms with Crippen molar-refractivity contribution >= 4 is 29.3 Å². The van der Waals surface area contributed by atoms with Crippen LogP contribution in [-0.2, 0) is 19.2 Å². The lowest BCUT2D eigenvalue weighted by atomic mass is 10.1. The fourth-order valence-corrected chi connectivity index (χ4v) is 3.22. The van der Waals surface area contributed by atoms with Gasteiger partial charge in [0, 0.05) is 13.1 Å². The number of rotatable bonds is 9. The number of aliphatic carboxylic acids is 1. The minimum atomic E-state index is -1.54. The van der Waals surface area contributed by atoms with Crippen molar-refractivity contribution in [1.29, 1.82) is 0 Å². The van der Waals surface area contributed by atoms with Gasteiger partial charge in [-0.05, 0) is 42.2 Å². The Hall–Kier alpha value is -3.82. The zero-order valence-electron chi connectivity index (χ0n) is 18.6. The highest BCUT2D eigenvalue weighted by atomic mass is 19.1. The number of hydrogen-bond acceptors (Lipinski definition) is 5. The van der Waals surface area contributed by atoms with Gasteiger partial charge in [0.25, 0.3) is 5.56 Å². The van der Waals surface area contributed by atoms with E-state index in [1.54, 1.807) is 13.8 Å². The molecular formula is C23H26FN3O6. The topological polar surface area (TPSA) is 135 Å². The van der Waals surface area contributed by atoms with E-state index in [0.29, 0.717) is 5.56 Å². The van der Waals surface area contributed by atoms with Gasteiger partial charge in [-0.2, -0.15) is 0 Å². The number of Topliss-reactive ketones (excluding diaryl/α,β-unsaturated/α-hetero) is 1. The van der Waals surface area contributed by atoms with E-state index in [2.05, 4.69) is 34.9 Å². The second kappa shape index (κ2) is 11.2. The first kappa shape index (κ1) is 25.4. The monoisotopic (exact) mass is 459 g/mol. The Morgan fingerprint density at radius 3 is 2.21 bits per heavy atom. The molecule has 2 unspecified atom stereocenters. The van der Waals surface area contributed by atoms with Crippen LogP contribution in [0.15, 0.2) is 41.3 Å². The molecule has 3 rings (SSSR count). The predicted molar refractivity (Wildman–Crippen MR) is 120 cm³/mol. The van der Waals surface area contributed by atoms with Crippen molar-refractivity contribution in [2.24, 2.45) is 0 Å². The fourth-order valence-electron chi connectivity index (χ4n) is 3.22. The molecule has 176 valence electrons. The molecule has 0 spiro atoms. The summed E-state index contributed by atoms with van der Waals surface area (Å²) in [6.45, 7) is 3.08. The number of nitrogens with zero attached hydrogens (tertiary/aromatic N) is 1. The highest BCUT2D eigenvalue weighted by Gasteiger charge is 2.28. The number of carbonyl (C=O) groups excluding carboxylic acids is 3. The van der Waals surface area contributed by atoms with Crippen LogP contribution in [0.5, 0.6) is 0 Å². The molecule has 2 aliphatic carbocycles. The van der Waals surface area contributed by atoms with E-state index in [1.807, 2.05) is 0 Å². The van der Waals surface area contributed by atoms with E-state index in [1.165, 1.54) is 30.3 Å². The number of carboxylic acids is 1. The number of carbonyl (C=O) groups is 4. The standard InChI is InChI=1S/C17H22FN3O6.C6H4/c1-4-13(16(26)20-11(6-15(24)25)14(23)7-18)21-8-9(2)5-12(17(21)27)19-10(3)22;1-2-5-4-6(5)3-1/h5,8,11,13H,4,6-7H2,1-3H3,(H,19,22)(H,20,26)(H,24,25);1-4H. The molecule has 0 aliphatic heterocycles. The van der Waals surface area contributed by atoms with Gasteiger partial charge in [-0.3, -0.25) is 24.0 Å². The number of carboxylic acid groups (broad SMARTS) is 1. The van der Waals surface area contributed by atoms with Crippen molar-refractivity contribution in [2.45, 2.75) is 45.7 Å². The lowest BCUT2D eigenvalue weighted by molar-refractivity contribution is -0.140. The van der Waals surface area contributed by atoms with Gasteiger partial charge in [0.1, 0.15) is 24.4 Å². The van der Waals surface area contributed by atoms with Crippen molar-refractivity contribution in [2.75, 3.05) is 12.0 Å². The third kappa shape index (κ3) is 7.09. The zero-order valence-corrected chi connectivity index (χ0v) is 18.6. The van der Waals surface area contributed by atoms with Gasteiger partial charge in [-0.1, -0.05) is 25.1 Å². The molecule has 1 heterocycles. The van der Waals surface area contributed by atoms with E-state index in [9.17, 15) is 28.4 Å². The molecule has 2 amide bonds. The molecule has 0 fully saturated rings. The van der Waals surface area contributed by atoms with Gasteiger partial charge in [0.2, 0.25) is 11.8 Å². The van der Waals surface area contributed by atoms with E-state index in [4.69, 9.17) is 5.11 Å². The van der Waals surface area contributed by atoms with Crippen LogP contribution in [0.3, 0.4) is 0 Å². The summed E-state index contributed by atoms with van der Waals surface area (Å²) in [5.74, 6) is -3.71. The number of hydrogen-bond donors (Lipinski definition) is 3. The summed E-state index contributed by atoms with van der Waals surface area (Å²) in [7, 11) is 0. The Labute approximate surface area is 189 Å². The molecule has 9 nitrogen and oxygen atoms in total. The normalized spacial score (nSPS) is 12.5. The Morgan fingerprint density at radius 1 is 1.15 bits per heavy atom. The Kier molecular flexibility index (Phi) is 8.61. The molecule has 0 aromatic carbocycles. The van der Waals surface area contributed by atoms with Gasteiger partial charge < -0.3 is 20.3 Å². The molecule has 2 aliphatic rings. The maximum atomic E-state index is 12.6. The summed E-state index contributed by atoms with van der Waals surface area (Å²) >= 11 is 0. The minimum absolute atomic E-state index is 0.0179. The van der Waals surface area contributed by atoms with Crippen LogP contribution in [0.4, 0.5) is 10.1 Å². The molecule has 0 saturated heterocycles. The van der Waals surface area contributed by atoms with Crippen molar-refractivity contribution in [3.63, 3.8) is 0 Å². The zero-order chi connectivity index (χ0) is 24.7. The van der Waals surface area contributed by atoms with Crippen molar-refractivity contribution < 1.29 is 28.7 Å². The third-order valence-electron chi connectivity index (χ3n) is 4.84. The molecule has 0 radical (unpaired) electrons. The fraction of sp³-hybridized carbons (Fsp3) is 0.348. The average Bonchev–Trinajstić information content (AvgIpc) is 3.34. The maximum Gasteiger partial charge on any atom is 0.305 e. The number of pyridine rings is 1. The quantitative estimate of drug-likeness (QED) is 0.449. The number of fused-ring (bicyclic) bond motifs is 1. The van der Waals surface area contributed by atoms with E-state index in [-0.39, 0.29) is 12.1 Å². The van der Waals surface area contributed by atoms with Crippen LogP contribution in [0.1, 0.15) is 38.3 Å². The van der Waals surface area contributed by atoms with Crippen LogP contribution < -0.4 is 16.2 Å². The highest BCUT2D eigenvalue weighted by Crippen LogP contribution is 2.32. The summed E-state index contributed by atoms with van der Waals surface area (Å²) in [6.07, 6.45) is 0.771. The lowest BCUT2D eigenvalue weighted by Crippen LogP contribution is -2.47. The Balaban J connectivity index is 0.000000539. The summed E-state index contributed by atoms with van der Waals surface area (Å²) in [6, 6.07) is 7.32. The summed E-state index contributed by atoms with van der Waals surface area (Å²) in [5, 5.41) is 13.4. The van der Waals surface area contributed by atoms with Crippen LogP contribution in [0.25, 0.3) is 11.1 Å². The van der Waals surface area contributed by atoms with Crippen LogP contribution >= 0.6 is 0 Å². The van der Waals surface area contributed by atoms with E-state index in [0.717, 1.165) is 4.57 Å². The third-order valence-corrected chi connectivity index (χ3v) is 4.84. The molecule has 2 atom stereocenters. The van der Waals surface area contributed by atoms with Crippen LogP contribution in [-0.4, -0.2) is 46.0 Å². The molecule has 0 saturated carbocycles. The van der Waals surface area contributed by atoms with E-state index >= 15 is 0 Å².